The molecule has 82 valence electrons. The van der Waals surface area contributed by atoms with E-state index in [-0.39, 0.29) is 17.3 Å². The second-order valence-corrected chi connectivity index (χ2v) is 2.82. The molecule has 0 aliphatic rings. The molecule has 0 unspecified atom stereocenters. The second kappa shape index (κ2) is 6.19. The number of allylic oxidation sites excluding steroid dienone is 1. The van der Waals surface area contributed by atoms with Crippen molar-refractivity contribution in [3.8, 4) is 12.0 Å². The van der Waals surface area contributed by atoms with Crippen LogP contribution in [0.15, 0.2) is 12.2 Å². The van der Waals surface area contributed by atoms with Gasteiger partial charge in [-0.3, -0.25) is 0 Å². The predicted octanol–water partition coefficient (Wildman–Crippen LogP) is 1.88. The molecule has 1 aromatic rings. The molecule has 1 aromatic heterocycles. The van der Waals surface area contributed by atoms with E-state index in [2.05, 4.69) is 15.0 Å². The lowest BCUT2D eigenvalue weighted by molar-refractivity contribution is 0.287. The third-order valence-corrected chi connectivity index (χ3v) is 1.55. The number of rotatable bonds is 5. The summed E-state index contributed by atoms with van der Waals surface area (Å²) in [7, 11) is 0. The van der Waals surface area contributed by atoms with Gasteiger partial charge in [0.2, 0.25) is 5.28 Å². The number of nitrogens with zero attached hydrogens (tertiary/aromatic N) is 3. The van der Waals surface area contributed by atoms with Gasteiger partial charge in [0.1, 0.15) is 6.61 Å². The van der Waals surface area contributed by atoms with Crippen LogP contribution in [0.3, 0.4) is 0 Å². The van der Waals surface area contributed by atoms with Gasteiger partial charge in [0, 0.05) is 0 Å². The molecule has 6 heteroatoms. The summed E-state index contributed by atoms with van der Waals surface area (Å²) >= 11 is 5.66. The fourth-order valence-corrected chi connectivity index (χ4v) is 0.936. The van der Waals surface area contributed by atoms with E-state index in [1.54, 1.807) is 0 Å². The molecule has 0 spiro atoms. The maximum absolute atomic E-state index is 5.66. The first-order valence-electron chi connectivity index (χ1n) is 4.54. The molecule has 0 radical (unpaired) electrons. The minimum atomic E-state index is 0.0592. The standard InChI is InChI=1S/C9H12ClN3O2/c1-3-5-6-15-9-12-7(10)11-8(13-9)14-4-2/h3,5H,4,6H2,1-2H3. The van der Waals surface area contributed by atoms with Gasteiger partial charge in [0.05, 0.1) is 6.61 Å². The summed E-state index contributed by atoms with van der Waals surface area (Å²) in [6.07, 6.45) is 3.70. The fraction of sp³-hybridized carbons (Fsp3) is 0.444. The van der Waals surface area contributed by atoms with E-state index in [9.17, 15) is 0 Å². The quantitative estimate of drug-likeness (QED) is 0.722. The van der Waals surface area contributed by atoms with Gasteiger partial charge in [-0.05, 0) is 25.4 Å². The van der Waals surface area contributed by atoms with Crippen molar-refractivity contribution < 1.29 is 9.47 Å². The maximum atomic E-state index is 5.66. The lowest BCUT2D eigenvalue weighted by Gasteiger charge is -2.04. The Labute approximate surface area is 93.1 Å². The van der Waals surface area contributed by atoms with Crippen LogP contribution < -0.4 is 9.47 Å². The average Bonchev–Trinajstić information content (AvgIpc) is 2.18. The second-order valence-electron chi connectivity index (χ2n) is 2.48. The highest BCUT2D eigenvalue weighted by Gasteiger charge is 2.05. The monoisotopic (exact) mass is 229 g/mol. The van der Waals surface area contributed by atoms with Crippen LogP contribution in [0.25, 0.3) is 0 Å². The number of ether oxygens (including phenoxy) is 2. The molecule has 0 aromatic carbocycles. The van der Waals surface area contributed by atoms with Gasteiger partial charge in [-0.25, -0.2) is 0 Å². The Morgan fingerprint density at radius 1 is 1.20 bits per heavy atom. The van der Waals surface area contributed by atoms with E-state index < -0.39 is 0 Å². The summed E-state index contributed by atoms with van der Waals surface area (Å²) in [6.45, 7) is 4.59. The van der Waals surface area contributed by atoms with Crippen molar-refractivity contribution in [1.82, 2.24) is 15.0 Å². The van der Waals surface area contributed by atoms with E-state index in [0.717, 1.165) is 0 Å². The van der Waals surface area contributed by atoms with Gasteiger partial charge in [-0.15, -0.1) is 4.98 Å². The van der Waals surface area contributed by atoms with Crippen LogP contribution in [0.1, 0.15) is 13.8 Å². The SMILES string of the molecule is CC=CCOc1nc(Cl)nc(OCC)n1. The van der Waals surface area contributed by atoms with E-state index in [1.807, 2.05) is 26.0 Å². The Hall–Kier alpha value is -1.36. The van der Waals surface area contributed by atoms with Crippen molar-refractivity contribution in [1.29, 1.82) is 0 Å². The van der Waals surface area contributed by atoms with Crippen LogP contribution in [-0.2, 0) is 0 Å². The molecule has 0 amide bonds. The maximum Gasteiger partial charge on any atom is 0.324 e. The predicted molar refractivity (Wildman–Crippen MR) is 56.3 cm³/mol. The van der Waals surface area contributed by atoms with Gasteiger partial charge in [0.15, 0.2) is 0 Å². The van der Waals surface area contributed by atoms with E-state index in [4.69, 9.17) is 21.1 Å². The fourth-order valence-electron chi connectivity index (χ4n) is 0.792. The molecule has 0 atom stereocenters. The van der Waals surface area contributed by atoms with Crippen molar-refractivity contribution in [3.05, 3.63) is 17.4 Å². The molecule has 0 saturated heterocycles. The Kier molecular flexibility index (Phi) is 4.83. The topological polar surface area (TPSA) is 57.1 Å². The molecular weight excluding hydrogens is 218 g/mol. The lowest BCUT2D eigenvalue weighted by atomic mass is 10.6. The molecule has 0 aliphatic carbocycles. The number of hydrogen-bond donors (Lipinski definition) is 0. The molecular formula is C9H12ClN3O2. The third-order valence-electron chi connectivity index (χ3n) is 1.38. The third kappa shape index (κ3) is 4.12. The highest BCUT2D eigenvalue weighted by atomic mass is 35.5. The first-order valence-corrected chi connectivity index (χ1v) is 4.92. The van der Waals surface area contributed by atoms with Crippen LogP contribution in [0.4, 0.5) is 0 Å². The average molecular weight is 230 g/mol. The Morgan fingerprint density at radius 2 is 1.87 bits per heavy atom. The molecule has 0 bridgehead atoms. The molecule has 0 saturated carbocycles. The van der Waals surface area contributed by atoms with E-state index >= 15 is 0 Å². The largest absolute Gasteiger partial charge is 0.464 e. The van der Waals surface area contributed by atoms with Crippen molar-refractivity contribution in [2.24, 2.45) is 0 Å². The number of halogens is 1. The molecule has 0 N–H and O–H groups in total. The molecule has 15 heavy (non-hydrogen) atoms. The number of aromatic nitrogens is 3. The minimum absolute atomic E-state index is 0.0592. The van der Waals surface area contributed by atoms with Crippen LogP contribution in [-0.4, -0.2) is 28.2 Å². The van der Waals surface area contributed by atoms with Gasteiger partial charge < -0.3 is 9.47 Å². The Bertz CT molecular complexity index is 344. The highest BCUT2D eigenvalue weighted by Crippen LogP contribution is 2.12. The molecule has 0 aliphatic heterocycles. The van der Waals surface area contributed by atoms with Crippen molar-refractivity contribution in [2.45, 2.75) is 13.8 Å². The van der Waals surface area contributed by atoms with Gasteiger partial charge in [-0.1, -0.05) is 12.2 Å². The smallest absolute Gasteiger partial charge is 0.324 e. The summed E-state index contributed by atoms with van der Waals surface area (Å²) in [4.78, 5) is 11.5. The van der Waals surface area contributed by atoms with Crippen LogP contribution >= 0.6 is 11.6 Å². The van der Waals surface area contributed by atoms with Crippen LogP contribution in [0, 0.1) is 0 Å². The highest BCUT2D eigenvalue weighted by molar-refractivity contribution is 6.28. The van der Waals surface area contributed by atoms with Gasteiger partial charge in [-0.2, -0.15) is 9.97 Å². The van der Waals surface area contributed by atoms with E-state index in [0.29, 0.717) is 13.2 Å². The van der Waals surface area contributed by atoms with E-state index in [1.165, 1.54) is 0 Å². The molecule has 0 fully saturated rings. The first kappa shape index (κ1) is 11.7. The summed E-state index contributed by atoms with van der Waals surface area (Å²) in [5.41, 5.74) is 0. The zero-order chi connectivity index (χ0) is 11.1. The van der Waals surface area contributed by atoms with Gasteiger partial charge >= 0.3 is 12.0 Å². The first-order chi connectivity index (χ1) is 7.26. The normalized spacial score (nSPS) is 10.6. The summed E-state index contributed by atoms with van der Waals surface area (Å²) in [5.74, 6) is 0. The molecule has 1 heterocycles. The zero-order valence-electron chi connectivity index (χ0n) is 8.61. The summed E-state index contributed by atoms with van der Waals surface area (Å²) in [6, 6.07) is 0.338. The lowest BCUT2D eigenvalue weighted by Crippen LogP contribution is -2.04. The summed E-state index contributed by atoms with van der Waals surface area (Å²) < 4.78 is 10.3. The van der Waals surface area contributed by atoms with Crippen molar-refractivity contribution >= 4 is 11.6 Å². The molecule has 1 rings (SSSR count). The summed E-state index contributed by atoms with van der Waals surface area (Å²) in [5, 5.41) is 0.0592. The van der Waals surface area contributed by atoms with Crippen LogP contribution in [0.2, 0.25) is 5.28 Å². The van der Waals surface area contributed by atoms with Crippen molar-refractivity contribution in [3.63, 3.8) is 0 Å². The molecule has 5 nitrogen and oxygen atoms in total. The number of hydrogen-bond acceptors (Lipinski definition) is 5. The van der Waals surface area contributed by atoms with Crippen molar-refractivity contribution in [2.75, 3.05) is 13.2 Å². The van der Waals surface area contributed by atoms with Crippen LogP contribution in [0.5, 0.6) is 12.0 Å². The minimum Gasteiger partial charge on any atom is -0.464 e. The zero-order valence-corrected chi connectivity index (χ0v) is 9.36. The Balaban J connectivity index is 2.70. The van der Waals surface area contributed by atoms with Gasteiger partial charge in [0.25, 0.3) is 0 Å². The Morgan fingerprint density at radius 3 is 2.47 bits per heavy atom.